The van der Waals surface area contributed by atoms with Crippen LogP contribution in [0.5, 0.6) is 0 Å². The number of hydrogen-bond donors (Lipinski definition) is 1. The molecule has 0 saturated carbocycles. The average Bonchev–Trinajstić information content (AvgIpc) is 2.37. The molecular weight excluding hydrogens is 288 g/mol. The summed E-state index contributed by atoms with van der Waals surface area (Å²) in [5, 5.41) is 19.2. The van der Waals surface area contributed by atoms with Gasteiger partial charge < -0.3 is 10.0 Å². The SMILES string of the molecule is C=CCN(CC(=O)O)C(=O)c1cccc([N+](=O)[O-])c1Cl. The fourth-order valence-electron chi connectivity index (χ4n) is 1.53. The third-order valence-electron chi connectivity index (χ3n) is 2.37. The van der Waals surface area contributed by atoms with Gasteiger partial charge in [-0.05, 0) is 6.07 Å². The highest BCUT2D eigenvalue weighted by atomic mass is 35.5. The largest absolute Gasteiger partial charge is 0.480 e. The Bertz CT molecular complexity index is 573. The van der Waals surface area contributed by atoms with E-state index in [0.717, 1.165) is 11.0 Å². The number of aliphatic carboxylic acids is 1. The zero-order valence-corrected chi connectivity index (χ0v) is 11.0. The third kappa shape index (κ3) is 3.55. The molecule has 0 spiro atoms. The van der Waals surface area contributed by atoms with Crippen LogP contribution in [-0.2, 0) is 4.79 Å². The predicted octanol–water partition coefficient (Wildman–Crippen LogP) is 1.96. The highest BCUT2D eigenvalue weighted by Gasteiger charge is 2.24. The molecule has 1 N–H and O–H groups in total. The van der Waals surface area contributed by atoms with Gasteiger partial charge in [0.1, 0.15) is 11.6 Å². The summed E-state index contributed by atoms with van der Waals surface area (Å²) in [5.41, 5.74) is -0.532. The number of hydrogen-bond acceptors (Lipinski definition) is 4. The molecule has 1 aromatic rings. The number of carbonyl (C=O) groups is 2. The predicted molar refractivity (Wildman–Crippen MR) is 71.8 cm³/mol. The van der Waals surface area contributed by atoms with Crippen LogP contribution in [0.2, 0.25) is 5.02 Å². The molecule has 0 aliphatic carbocycles. The molecule has 0 aliphatic heterocycles. The molecule has 0 aromatic heterocycles. The van der Waals surface area contributed by atoms with Gasteiger partial charge in [-0.25, -0.2) is 0 Å². The molecule has 0 saturated heterocycles. The molecule has 0 unspecified atom stereocenters. The van der Waals surface area contributed by atoms with E-state index >= 15 is 0 Å². The highest BCUT2D eigenvalue weighted by Crippen LogP contribution is 2.28. The molecule has 1 amide bonds. The lowest BCUT2D eigenvalue weighted by Crippen LogP contribution is -2.36. The first-order valence-electron chi connectivity index (χ1n) is 5.43. The molecule has 106 valence electrons. The number of nitro benzene ring substituents is 1. The molecule has 0 heterocycles. The van der Waals surface area contributed by atoms with Crippen molar-refractivity contribution in [3.63, 3.8) is 0 Å². The van der Waals surface area contributed by atoms with E-state index in [2.05, 4.69) is 6.58 Å². The number of halogens is 1. The van der Waals surface area contributed by atoms with Gasteiger partial charge in [0.05, 0.1) is 10.5 Å². The average molecular weight is 299 g/mol. The van der Waals surface area contributed by atoms with Gasteiger partial charge in [0.2, 0.25) is 0 Å². The maximum absolute atomic E-state index is 12.2. The Balaban J connectivity index is 3.18. The molecule has 0 bridgehead atoms. The summed E-state index contributed by atoms with van der Waals surface area (Å²) in [5.74, 6) is -1.91. The number of nitrogens with zero attached hydrogens (tertiary/aromatic N) is 2. The normalized spacial score (nSPS) is 9.85. The van der Waals surface area contributed by atoms with Gasteiger partial charge in [-0.1, -0.05) is 23.7 Å². The molecule has 8 heteroatoms. The summed E-state index contributed by atoms with van der Waals surface area (Å²) in [4.78, 5) is 33.9. The number of carboxylic acid groups (broad SMARTS) is 1. The van der Waals surface area contributed by atoms with E-state index in [1.54, 1.807) is 0 Å². The summed E-state index contributed by atoms with van der Waals surface area (Å²) in [6.45, 7) is 2.86. The van der Waals surface area contributed by atoms with Crippen LogP contribution in [0.1, 0.15) is 10.4 Å². The maximum Gasteiger partial charge on any atom is 0.323 e. The summed E-state index contributed by atoms with van der Waals surface area (Å²) in [7, 11) is 0. The maximum atomic E-state index is 12.2. The van der Waals surface area contributed by atoms with Gasteiger partial charge in [0.25, 0.3) is 11.6 Å². The van der Waals surface area contributed by atoms with Gasteiger partial charge >= 0.3 is 5.97 Å². The van der Waals surface area contributed by atoms with Gasteiger partial charge in [0, 0.05) is 12.6 Å². The lowest BCUT2D eigenvalue weighted by atomic mass is 10.1. The first kappa shape index (κ1) is 15.6. The van der Waals surface area contributed by atoms with Crippen molar-refractivity contribution in [1.82, 2.24) is 4.90 Å². The van der Waals surface area contributed by atoms with Gasteiger partial charge in [-0.2, -0.15) is 0 Å². The number of amides is 1. The monoisotopic (exact) mass is 298 g/mol. The molecule has 0 radical (unpaired) electrons. The molecule has 1 aromatic carbocycles. The number of benzene rings is 1. The smallest absolute Gasteiger partial charge is 0.323 e. The van der Waals surface area contributed by atoms with E-state index in [-0.39, 0.29) is 17.1 Å². The fourth-order valence-corrected chi connectivity index (χ4v) is 1.81. The van der Waals surface area contributed by atoms with Gasteiger partial charge in [-0.15, -0.1) is 6.58 Å². The summed E-state index contributed by atoms with van der Waals surface area (Å²) in [6.07, 6.45) is 1.35. The van der Waals surface area contributed by atoms with E-state index in [1.165, 1.54) is 18.2 Å². The topological polar surface area (TPSA) is 101 Å². The lowest BCUT2D eigenvalue weighted by molar-refractivity contribution is -0.384. The van der Waals surface area contributed by atoms with Gasteiger partial charge in [0.15, 0.2) is 0 Å². The molecular formula is C12H11ClN2O5. The number of nitro groups is 1. The Morgan fingerprint density at radius 1 is 1.50 bits per heavy atom. The Labute approximate surface area is 119 Å². The second kappa shape index (κ2) is 6.67. The minimum absolute atomic E-state index is 0.00977. The van der Waals surface area contributed by atoms with Crippen molar-refractivity contribution in [2.45, 2.75) is 0 Å². The number of rotatable bonds is 6. The lowest BCUT2D eigenvalue weighted by Gasteiger charge is -2.19. The van der Waals surface area contributed by atoms with E-state index in [0.29, 0.717) is 0 Å². The van der Waals surface area contributed by atoms with Crippen molar-refractivity contribution >= 4 is 29.2 Å². The summed E-state index contributed by atoms with van der Waals surface area (Å²) >= 11 is 5.82. The zero-order valence-electron chi connectivity index (χ0n) is 10.3. The first-order valence-corrected chi connectivity index (χ1v) is 5.81. The zero-order chi connectivity index (χ0) is 15.3. The van der Waals surface area contributed by atoms with Crippen LogP contribution in [0, 0.1) is 10.1 Å². The molecule has 0 fully saturated rings. The minimum Gasteiger partial charge on any atom is -0.480 e. The standard InChI is InChI=1S/C12H11ClN2O5/c1-2-6-14(7-10(16)17)12(18)8-4-3-5-9(11(8)13)15(19)20/h2-5H,1,6-7H2,(H,16,17). The molecule has 7 nitrogen and oxygen atoms in total. The Hall–Kier alpha value is -2.41. The van der Waals surface area contributed by atoms with Crippen LogP contribution in [0.25, 0.3) is 0 Å². The van der Waals surface area contributed by atoms with Crippen LogP contribution in [-0.4, -0.2) is 39.9 Å². The quantitative estimate of drug-likeness (QED) is 0.491. The fraction of sp³-hybridized carbons (Fsp3) is 0.167. The van der Waals surface area contributed by atoms with Crippen molar-refractivity contribution < 1.29 is 19.6 Å². The Morgan fingerprint density at radius 2 is 2.15 bits per heavy atom. The molecule has 1 rings (SSSR count). The van der Waals surface area contributed by atoms with Crippen molar-refractivity contribution in [3.05, 3.63) is 51.6 Å². The van der Waals surface area contributed by atoms with Crippen molar-refractivity contribution in [1.29, 1.82) is 0 Å². The van der Waals surface area contributed by atoms with Crippen molar-refractivity contribution in [2.24, 2.45) is 0 Å². The van der Waals surface area contributed by atoms with Crippen LogP contribution < -0.4 is 0 Å². The summed E-state index contributed by atoms with van der Waals surface area (Å²) < 4.78 is 0. The molecule has 20 heavy (non-hydrogen) atoms. The highest BCUT2D eigenvalue weighted by molar-refractivity contribution is 6.35. The second-order valence-electron chi connectivity index (χ2n) is 3.76. The van der Waals surface area contributed by atoms with Crippen molar-refractivity contribution in [3.8, 4) is 0 Å². The van der Waals surface area contributed by atoms with E-state index < -0.39 is 29.0 Å². The first-order chi connectivity index (χ1) is 9.38. The summed E-state index contributed by atoms with van der Waals surface area (Å²) in [6, 6.07) is 3.77. The Kier molecular flexibility index (Phi) is 5.22. The molecule has 0 atom stereocenters. The van der Waals surface area contributed by atoms with Crippen LogP contribution in [0.3, 0.4) is 0 Å². The second-order valence-corrected chi connectivity index (χ2v) is 4.14. The molecule has 0 aliphatic rings. The van der Waals surface area contributed by atoms with Gasteiger partial charge in [-0.3, -0.25) is 19.7 Å². The minimum atomic E-state index is -1.21. The van der Waals surface area contributed by atoms with E-state index in [1.807, 2.05) is 0 Å². The number of carboxylic acids is 1. The number of carbonyl (C=O) groups excluding carboxylic acids is 1. The van der Waals surface area contributed by atoms with Crippen LogP contribution in [0.15, 0.2) is 30.9 Å². The van der Waals surface area contributed by atoms with Crippen LogP contribution in [0.4, 0.5) is 5.69 Å². The Morgan fingerprint density at radius 3 is 2.65 bits per heavy atom. The van der Waals surface area contributed by atoms with E-state index in [9.17, 15) is 19.7 Å². The van der Waals surface area contributed by atoms with E-state index in [4.69, 9.17) is 16.7 Å². The van der Waals surface area contributed by atoms with Crippen LogP contribution >= 0.6 is 11.6 Å². The third-order valence-corrected chi connectivity index (χ3v) is 2.77. The van der Waals surface area contributed by atoms with Crippen molar-refractivity contribution in [2.75, 3.05) is 13.1 Å².